The summed E-state index contributed by atoms with van der Waals surface area (Å²) in [5.74, 6) is 1.16. The summed E-state index contributed by atoms with van der Waals surface area (Å²) in [5.41, 5.74) is 0.198. The molecule has 0 spiro atoms. The number of nitrogens with zero attached hydrogens (tertiary/aromatic N) is 3. The summed E-state index contributed by atoms with van der Waals surface area (Å²) in [4.78, 5) is 21.3. The Morgan fingerprint density at radius 3 is 2.44 bits per heavy atom. The second-order valence-corrected chi connectivity index (χ2v) is 7.58. The van der Waals surface area contributed by atoms with Crippen LogP contribution in [0, 0.1) is 5.41 Å². The number of rotatable bonds is 6. The van der Waals surface area contributed by atoms with Crippen LogP contribution in [-0.2, 0) is 9.53 Å². The lowest BCUT2D eigenvalue weighted by atomic mass is 9.89. The fourth-order valence-corrected chi connectivity index (χ4v) is 3.06. The highest BCUT2D eigenvalue weighted by atomic mass is 127. The molecule has 2 saturated heterocycles. The van der Waals surface area contributed by atoms with E-state index >= 15 is 0 Å². The summed E-state index contributed by atoms with van der Waals surface area (Å²) in [5, 5.41) is 6.46. The minimum absolute atomic E-state index is 0. The first-order valence-corrected chi connectivity index (χ1v) is 9.21. The van der Waals surface area contributed by atoms with Crippen molar-refractivity contribution in [1.82, 2.24) is 20.4 Å². The van der Waals surface area contributed by atoms with Crippen LogP contribution in [0.15, 0.2) is 4.99 Å². The molecule has 3 rings (SSSR count). The maximum Gasteiger partial charge on any atom is 0.234 e. The average molecular weight is 465 g/mol. The fourth-order valence-electron chi connectivity index (χ4n) is 3.06. The lowest BCUT2D eigenvalue weighted by Gasteiger charge is -2.39. The van der Waals surface area contributed by atoms with E-state index in [0.717, 1.165) is 71.3 Å². The van der Waals surface area contributed by atoms with Crippen molar-refractivity contribution in [3.05, 3.63) is 0 Å². The standard InChI is InChI=1S/C17H31N5O2.HI/c1-3-18-16(19-11-17(2)12-24-13-17)22-8-6-21(7-9-22)10-15(23)20-14-4-5-14;/h14H,3-13H2,1-2H3,(H,18,19)(H,20,23);1H. The Morgan fingerprint density at radius 2 is 1.92 bits per heavy atom. The molecule has 2 heterocycles. The van der Waals surface area contributed by atoms with Gasteiger partial charge in [-0.15, -0.1) is 24.0 Å². The molecule has 3 aliphatic rings. The van der Waals surface area contributed by atoms with Crippen LogP contribution in [0.5, 0.6) is 0 Å². The fraction of sp³-hybridized carbons (Fsp3) is 0.882. The molecule has 3 fully saturated rings. The van der Waals surface area contributed by atoms with Crippen molar-refractivity contribution in [2.24, 2.45) is 10.4 Å². The number of hydrogen-bond donors (Lipinski definition) is 2. The van der Waals surface area contributed by atoms with E-state index in [1.54, 1.807) is 0 Å². The van der Waals surface area contributed by atoms with E-state index in [0.29, 0.717) is 12.6 Å². The van der Waals surface area contributed by atoms with Gasteiger partial charge in [0.05, 0.1) is 26.3 Å². The molecule has 25 heavy (non-hydrogen) atoms. The highest BCUT2D eigenvalue weighted by Gasteiger charge is 2.33. The molecule has 0 aromatic carbocycles. The Morgan fingerprint density at radius 1 is 1.24 bits per heavy atom. The number of nitrogens with one attached hydrogen (secondary N) is 2. The normalized spacial score (nSPS) is 23.4. The van der Waals surface area contributed by atoms with Crippen LogP contribution in [0.2, 0.25) is 0 Å². The second kappa shape index (κ2) is 9.36. The quantitative estimate of drug-likeness (QED) is 0.340. The first-order chi connectivity index (χ1) is 11.6. The predicted octanol–water partition coefficient (Wildman–Crippen LogP) is 0.503. The molecule has 0 unspecified atom stereocenters. The zero-order valence-corrected chi connectivity index (χ0v) is 17.8. The van der Waals surface area contributed by atoms with Crippen LogP contribution in [0.25, 0.3) is 0 Å². The minimum atomic E-state index is 0. The summed E-state index contributed by atoms with van der Waals surface area (Å²) in [7, 11) is 0. The SMILES string of the molecule is CCNC(=NCC1(C)COC1)N1CCN(CC(=O)NC2CC2)CC1.I. The molecule has 144 valence electrons. The lowest BCUT2D eigenvalue weighted by Crippen LogP contribution is -2.54. The molecule has 1 aliphatic carbocycles. The van der Waals surface area contributed by atoms with Crippen LogP contribution < -0.4 is 10.6 Å². The van der Waals surface area contributed by atoms with Gasteiger partial charge in [0, 0.05) is 44.2 Å². The van der Waals surface area contributed by atoms with Gasteiger partial charge in [0.25, 0.3) is 0 Å². The van der Waals surface area contributed by atoms with Crippen molar-refractivity contribution in [3.63, 3.8) is 0 Å². The predicted molar refractivity (Wildman–Crippen MR) is 109 cm³/mol. The zero-order valence-electron chi connectivity index (χ0n) is 15.4. The van der Waals surface area contributed by atoms with Crippen molar-refractivity contribution in [2.45, 2.75) is 32.7 Å². The second-order valence-electron chi connectivity index (χ2n) is 7.58. The number of ether oxygens (including phenoxy) is 1. The summed E-state index contributed by atoms with van der Waals surface area (Å²) >= 11 is 0. The largest absolute Gasteiger partial charge is 0.380 e. The van der Waals surface area contributed by atoms with Crippen molar-refractivity contribution < 1.29 is 9.53 Å². The van der Waals surface area contributed by atoms with Gasteiger partial charge in [-0.05, 0) is 19.8 Å². The Kier molecular flexibility index (Phi) is 7.75. The third-order valence-corrected chi connectivity index (χ3v) is 4.83. The third-order valence-electron chi connectivity index (χ3n) is 4.83. The van der Waals surface area contributed by atoms with Gasteiger partial charge in [-0.2, -0.15) is 0 Å². The Labute approximate surface area is 167 Å². The summed E-state index contributed by atoms with van der Waals surface area (Å²) in [6, 6.07) is 0.447. The van der Waals surface area contributed by atoms with Crippen LogP contribution in [0.3, 0.4) is 0 Å². The molecular formula is C17H32IN5O2. The molecule has 1 amide bonds. The molecule has 0 radical (unpaired) electrons. The van der Waals surface area contributed by atoms with Gasteiger partial charge in [-0.3, -0.25) is 14.7 Å². The minimum Gasteiger partial charge on any atom is -0.380 e. The molecule has 2 N–H and O–H groups in total. The van der Waals surface area contributed by atoms with E-state index in [1.807, 2.05) is 0 Å². The number of amides is 1. The van der Waals surface area contributed by atoms with E-state index in [1.165, 1.54) is 0 Å². The molecule has 0 aromatic heterocycles. The number of carbonyl (C=O) groups excluding carboxylic acids is 1. The first-order valence-electron chi connectivity index (χ1n) is 9.21. The van der Waals surface area contributed by atoms with Gasteiger partial charge in [0.1, 0.15) is 0 Å². The van der Waals surface area contributed by atoms with E-state index in [4.69, 9.17) is 9.73 Å². The first kappa shape index (κ1) is 20.7. The van der Waals surface area contributed by atoms with Crippen molar-refractivity contribution in [2.75, 3.05) is 59.0 Å². The maximum absolute atomic E-state index is 11.9. The molecule has 0 aromatic rings. The Bertz CT molecular complexity index is 472. The van der Waals surface area contributed by atoms with Gasteiger partial charge in [0.15, 0.2) is 5.96 Å². The van der Waals surface area contributed by atoms with Gasteiger partial charge in [-0.25, -0.2) is 0 Å². The molecule has 8 heteroatoms. The van der Waals surface area contributed by atoms with E-state index in [2.05, 4.69) is 34.3 Å². The topological polar surface area (TPSA) is 69.2 Å². The van der Waals surface area contributed by atoms with E-state index in [-0.39, 0.29) is 35.3 Å². The number of aliphatic imine (C=N–C) groups is 1. The van der Waals surface area contributed by atoms with Crippen molar-refractivity contribution in [1.29, 1.82) is 0 Å². The van der Waals surface area contributed by atoms with Crippen LogP contribution in [0.1, 0.15) is 26.7 Å². The maximum atomic E-state index is 11.9. The number of hydrogen-bond acceptors (Lipinski definition) is 4. The summed E-state index contributed by atoms with van der Waals surface area (Å²) in [6.07, 6.45) is 2.29. The van der Waals surface area contributed by atoms with Crippen molar-refractivity contribution in [3.8, 4) is 0 Å². The smallest absolute Gasteiger partial charge is 0.234 e. The molecule has 7 nitrogen and oxygen atoms in total. The average Bonchev–Trinajstić information content (AvgIpc) is 3.34. The number of carbonyl (C=O) groups is 1. The van der Waals surface area contributed by atoms with Crippen LogP contribution in [0.4, 0.5) is 0 Å². The van der Waals surface area contributed by atoms with Gasteiger partial charge < -0.3 is 20.3 Å². The van der Waals surface area contributed by atoms with Gasteiger partial charge >= 0.3 is 0 Å². The summed E-state index contributed by atoms with van der Waals surface area (Å²) < 4.78 is 5.31. The van der Waals surface area contributed by atoms with Gasteiger partial charge in [0.2, 0.25) is 5.91 Å². The summed E-state index contributed by atoms with van der Waals surface area (Å²) in [6.45, 7) is 11.8. The van der Waals surface area contributed by atoms with Crippen molar-refractivity contribution >= 4 is 35.8 Å². The number of guanidine groups is 1. The molecule has 1 saturated carbocycles. The molecule has 0 bridgehead atoms. The van der Waals surface area contributed by atoms with Crippen LogP contribution in [-0.4, -0.2) is 86.7 Å². The third kappa shape index (κ3) is 6.25. The Balaban J connectivity index is 0.00000225. The molecular weight excluding hydrogens is 433 g/mol. The van der Waals surface area contributed by atoms with E-state index < -0.39 is 0 Å². The van der Waals surface area contributed by atoms with Crippen LogP contribution >= 0.6 is 24.0 Å². The lowest BCUT2D eigenvalue weighted by molar-refractivity contribution is -0.122. The number of piperazine rings is 1. The van der Waals surface area contributed by atoms with Gasteiger partial charge in [-0.1, -0.05) is 6.92 Å². The van der Waals surface area contributed by atoms with E-state index in [9.17, 15) is 4.79 Å². The highest BCUT2D eigenvalue weighted by molar-refractivity contribution is 14.0. The molecule has 2 aliphatic heterocycles. The Hall–Kier alpha value is -0.610. The monoisotopic (exact) mass is 465 g/mol. The zero-order chi connectivity index (χ0) is 17.0. The number of halogens is 1. The highest BCUT2D eigenvalue weighted by Crippen LogP contribution is 2.26. The molecule has 0 atom stereocenters.